The van der Waals surface area contributed by atoms with E-state index in [1.165, 1.54) is 0 Å². The molecule has 36 heavy (non-hydrogen) atoms. The Hall–Kier alpha value is -3.87. The summed E-state index contributed by atoms with van der Waals surface area (Å²) < 4.78 is 16.1. The Balaban J connectivity index is 1.88. The third-order valence-corrected chi connectivity index (χ3v) is 6.71. The fourth-order valence-corrected chi connectivity index (χ4v) is 5.18. The summed E-state index contributed by atoms with van der Waals surface area (Å²) in [6.45, 7) is 5.64. The summed E-state index contributed by atoms with van der Waals surface area (Å²) >= 11 is 0. The summed E-state index contributed by atoms with van der Waals surface area (Å²) in [5.41, 5.74) is 3.71. The average Bonchev–Trinajstić information content (AvgIpc) is 2.88. The van der Waals surface area contributed by atoms with Crippen LogP contribution in [0.4, 0.5) is 0 Å². The van der Waals surface area contributed by atoms with Gasteiger partial charge in [0.2, 0.25) is 0 Å². The number of hydrogen-bond acceptors (Lipinski definition) is 7. The monoisotopic (exact) mass is 489 g/mol. The number of carbonyl (C=O) groups is 3. The van der Waals surface area contributed by atoms with Crippen LogP contribution < -0.4 is 10.1 Å². The Kier molecular flexibility index (Phi) is 7.58. The minimum absolute atomic E-state index is 0.160. The predicted octanol–water partition coefficient (Wildman–Crippen LogP) is 4.41. The largest absolute Gasteiger partial charge is 0.497 e. The Morgan fingerprint density at radius 2 is 1.67 bits per heavy atom. The molecular weight excluding hydrogens is 458 g/mol. The van der Waals surface area contributed by atoms with Gasteiger partial charge in [0.05, 0.1) is 25.9 Å². The molecule has 3 atom stereocenters. The van der Waals surface area contributed by atoms with Crippen LogP contribution in [-0.2, 0) is 23.9 Å². The highest BCUT2D eigenvalue weighted by Crippen LogP contribution is 2.48. The summed E-state index contributed by atoms with van der Waals surface area (Å²) in [6.07, 6.45) is 0.397. The molecule has 0 radical (unpaired) electrons. The smallest absolute Gasteiger partial charge is 0.336 e. The Morgan fingerprint density at radius 3 is 2.33 bits per heavy atom. The molecule has 4 rings (SSSR count). The second-order valence-corrected chi connectivity index (χ2v) is 8.80. The van der Waals surface area contributed by atoms with Crippen molar-refractivity contribution in [3.63, 3.8) is 0 Å². The molecule has 2 aromatic rings. The predicted molar refractivity (Wildman–Crippen MR) is 134 cm³/mol. The van der Waals surface area contributed by atoms with Crippen molar-refractivity contribution in [1.29, 1.82) is 0 Å². The highest BCUT2D eigenvalue weighted by Gasteiger charge is 2.49. The lowest BCUT2D eigenvalue weighted by Crippen LogP contribution is -2.43. The van der Waals surface area contributed by atoms with E-state index in [4.69, 9.17) is 14.2 Å². The number of ether oxygens (including phenoxy) is 3. The van der Waals surface area contributed by atoms with Crippen molar-refractivity contribution in [2.24, 2.45) is 5.92 Å². The molecule has 1 heterocycles. The molecule has 1 aliphatic carbocycles. The van der Waals surface area contributed by atoms with Crippen molar-refractivity contribution in [2.75, 3.05) is 20.3 Å². The second-order valence-electron chi connectivity index (χ2n) is 8.80. The topological polar surface area (TPSA) is 90.9 Å². The lowest BCUT2D eigenvalue weighted by atomic mass is 9.67. The Labute approximate surface area is 211 Å². The van der Waals surface area contributed by atoms with Gasteiger partial charge in [-0.15, -0.1) is 0 Å². The van der Waals surface area contributed by atoms with Crippen LogP contribution in [0.15, 0.2) is 77.1 Å². The number of methoxy groups -OCH3 is 1. The third kappa shape index (κ3) is 4.65. The Morgan fingerprint density at radius 1 is 0.972 bits per heavy atom. The molecule has 0 bridgehead atoms. The third-order valence-electron chi connectivity index (χ3n) is 6.71. The zero-order valence-corrected chi connectivity index (χ0v) is 21.0. The molecule has 0 aromatic heterocycles. The van der Waals surface area contributed by atoms with E-state index in [1.807, 2.05) is 61.5 Å². The highest BCUT2D eigenvalue weighted by atomic mass is 16.5. The van der Waals surface area contributed by atoms with Crippen LogP contribution in [0.5, 0.6) is 5.75 Å². The van der Waals surface area contributed by atoms with E-state index >= 15 is 0 Å². The number of esters is 2. The number of dihydropyridines is 1. The van der Waals surface area contributed by atoms with Crippen LogP contribution in [0.2, 0.25) is 0 Å². The summed E-state index contributed by atoms with van der Waals surface area (Å²) in [4.78, 5) is 40.5. The van der Waals surface area contributed by atoms with Crippen LogP contribution in [-0.4, -0.2) is 38.0 Å². The van der Waals surface area contributed by atoms with Crippen molar-refractivity contribution >= 4 is 17.7 Å². The van der Waals surface area contributed by atoms with Gasteiger partial charge in [0.1, 0.15) is 11.7 Å². The normalized spacial score (nSPS) is 21.4. The number of benzene rings is 2. The molecule has 0 saturated heterocycles. The van der Waals surface area contributed by atoms with Gasteiger partial charge in [-0.05, 0) is 50.5 Å². The molecule has 0 amide bonds. The number of rotatable bonds is 7. The number of allylic oxidation sites excluding steroid dienone is 3. The van der Waals surface area contributed by atoms with Crippen LogP contribution in [0.1, 0.15) is 50.2 Å². The van der Waals surface area contributed by atoms with E-state index in [0.717, 1.165) is 11.1 Å². The van der Waals surface area contributed by atoms with Crippen molar-refractivity contribution in [2.45, 2.75) is 39.0 Å². The summed E-state index contributed by atoms with van der Waals surface area (Å²) in [5.74, 6) is -2.93. The SMILES string of the molecule is CCOC(=O)C1=C(C)NC2=C(C(=O)[C@@H](C(=O)OCC)[C@H](c3cccc(OC)c3)C2)[C@@H]1c1ccccc1. The molecule has 1 aliphatic heterocycles. The lowest BCUT2D eigenvalue weighted by Gasteiger charge is -2.39. The molecule has 7 nitrogen and oxygen atoms in total. The number of nitrogens with one attached hydrogen (secondary N) is 1. The molecule has 0 spiro atoms. The van der Waals surface area contributed by atoms with Crippen molar-refractivity contribution in [1.82, 2.24) is 5.32 Å². The van der Waals surface area contributed by atoms with Gasteiger partial charge in [-0.1, -0.05) is 42.5 Å². The van der Waals surface area contributed by atoms with E-state index in [9.17, 15) is 14.4 Å². The maximum Gasteiger partial charge on any atom is 0.336 e. The summed E-state index contributed by atoms with van der Waals surface area (Å²) in [6, 6.07) is 16.8. The van der Waals surface area contributed by atoms with Gasteiger partial charge in [-0.3, -0.25) is 9.59 Å². The van der Waals surface area contributed by atoms with E-state index in [1.54, 1.807) is 21.0 Å². The van der Waals surface area contributed by atoms with E-state index in [2.05, 4.69) is 5.32 Å². The fraction of sp³-hybridized carbons (Fsp3) is 0.345. The molecule has 7 heteroatoms. The number of hydrogen-bond donors (Lipinski definition) is 1. The second kappa shape index (κ2) is 10.8. The molecule has 2 aliphatic rings. The molecule has 2 aromatic carbocycles. The molecule has 188 valence electrons. The van der Waals surface area contributed by atoms with Crippen LogP contribution in [0.25, 0.3) is 0 Å². The highest BCUT2D eigenvalue weighted by molar-refractivity contribution is 6.13. The first-order chi connectivity index (χ1) is 17.4. The number of ketones is 1. The first kappa shape index (κ1) is 25.2. The zero-order valence-electron chi connectivity index (χ0n) is 21.0. The summed E-state index contributed by atoms with van der Waals surface area (Å²) in [7, 11) is 1.58. The quantitative estimate of drug-likeness (QED) is 0.455. The van der Waals surface area contributed by atoms with Crippen molar-refractivity contribution < 1.29 is 28.6 Å². The summed E-state index contributed by atoms with van der Waals surface area (Å²) in [5, 5.41) is 3.31. The number of Topliss-reactive ketones (excluding diaryl/α,β-unsaturated/α-hetero) is 1. The van der Waals surface area contributed by atoms with Crippen molar-refractivity contribution in [3.05, 3.63) is 88.3 Å². The number of carbonyl (C=O) groups excluding carboxylic acids is 3. The van der Waals surface area contributed by atoms with Crippen LogP contribution in [0, 0.1) is 5.92 Å². The average molecular weight is 490 g/mol. The van der Waals surface area contributed by atoms with E-state index in [0.29, 0.717) is 34.7 Å². The first-order valence-electron chi connectivity index (χ1n) is 12.2. The van der Waals surface area contributed by atoms with Gasteiger partial charge in [-0.25, -0.2) is 4.79 Å². The Bertz CT molecular complexity index is 1230. The van der Waals surface area contributed by atoms with Crippen LogP contribution >= 0.6 is 0 Å². The molecule has 0 saturated carbocycles. The van der Waals surface area contributed by atoms with Gasteiger partial charge in [-0.2, -0.15) is 0 Å². The van der Waals surface area contributed by atoms with Gasteiger partial charge < -0.3 is 19.5 Å². The first-order valence-corrected chi connectivity index (χ1v) is 12.2. The minimum Gasteiger partial charge on any atom is -0.497 e. The lowest BCUT2D eigenvalue weighted by molar-refractivity contribution is -0.152. The maximum absolute atomic E-state index is 14.2. The molecule has 0 unspecified atom stereocenters. The van der Waals surface area contributed by atoms with E-state index < -0.39 is 29.7 Å². The van der Waals surface area contributed by atoms with Gasteiger partial charge in [0.15, 0.2) is 5.78 Å². The van der Waals surface area contributed by atoms with Gasteiger partial charge in [0.25, 0.3) is 0 Å². The fourth-order valence-electron chi connectivity index (χ4n) is 5.18. The van der Waals surface area contributed by atoms with E-state index in [-0.39, 0.29) is 19.0 Å². The maximum atomic E-state index is 14.2. The molecule has 0 fully saturated rings. The molecule has 1 N–H and O–H groups in total. The minimum atomic E-state index is -1.05. The van der Waals surface area contributed by atoms with Crippen molar-refractivity contribution in [3.8, 4) is 5.75 Å². The van der Waals surface area contributed by atoms with Gasteiger partial charge >= 0.3 is 11.9 Å². The van der Waals surface area contributed by atoms with Gasteiger partial charge in [0, 0.05) is 28.8 Å². The zero-order chi connectivity index (χ0) is 25.8. The standard InChI is InChI=1S/C29H31NO6/c1-5-35-28(32)23-17(3)30-22-16-21(19-13-10-14-20(15-19)34-4)25(29(33)36-6-2)27(31)26(22)24(23)18-11-8-7-9-12-18/h7-15,21,24-25,30H,5-6,16H2,1-4H3/t21-,24+,25-/m0/s1. The van der Waals surface area contributed by atoms with Crippen LogP contribution in [0.3, 0.4) is 0 Å². The molecular formula is C29H31NO6.